The molecule has 3 rings (SSSR count). The number of nitrogens with one attached hydrogen (secondary N) is 1. The van der Waals surface area contributed by atoms with Crippen molar-refractivity contribution in [1.29, 1.82) is 0 Å². The molecule has 0 aliphatic heterocycles. The maximum absolute atomic E-state index is 13.0. The van der Waals surface area contributed by atoms with E-state index in [1.165, 1.54) is 19.1 Å². The number of ketones is 1. The van der Waals surface area contributed by atoms with E-state index in [0.29, 0.717) is 16.8 Å². The van der Waals surface area contributed by atoms with Crippen LogP contribution in [0.25, 0.3) is 0 Å². The van der Waals surface area contributed by atoms with Gasteiger partial charge in [-0.3, -0.25) is 18.7 Å². The number of benzene rings is 2. The summed E-state index contributed by atoms with van der Waals surface area (Å²) < 4.78 is 18.8. The van der Waals surface area contributed by atoms with Crippen molar-refractivity contribution in [1.82, 2.24) is 9.72 Å². The third kappa shape index (κ3) is 4.55. The SMILES string of the molecule is CC(=O)c1cccc(NC(=O)Cn2c(Cc3ccc(F)cc3)noc2=O)c1. The molecule has 0 saturated carbocycles. The molecule has 3 aromatic rings. The van der Waals surface area contributed by atoms with E-state index in [9.17, 15) is 18.8 Å². The first-order valence-electron chi connectivity index (χ1n) is 8.13. The Balaban J connectivity index is 1.73. The van der Waals surface area contributed by atoms with Gasteiger partial charge in [-0.2, -0.15) is 0 Å². The van der Waals surface area contributed by atoms with Crippen LogP contribution in [0.3, 0.4) is 0 Å². The number of amides is 1. The van der Waals surface area contributed by atoms with Crippen LogP contribution >= 0.6 is 0 Å². The number of Topliss-reactive ketones (excluding diaryl/α,β-unsaturated/α-hetero) is 1. The van der Waals surface area contributed by atoms with Crippen LogP contribution in [0.15, 0.2) is 57.8 Å². The molecule has 0 saturated heterocycles. The molecule has 0 spiro atoms. The third-order valence-electron chi connectivity index (χ3n) is 3.89. The van der Waals surface area contributed by atoms with Gasteiger partial charge >= 0.3 is 5.76 Å². The number of aromatic nitrogens is 2. The monoisotopic (exact) mass is 369 g/mol. The Morgan fingerprint density at radius 2 is 1.93 bits per heavy atom. The lowest BCUT2D eigenvalue weighted by Gasteiger charge is -2.08. The minimum Gasteiger partial charge on any atom is -0.325 e. The molecule has 7 nitrogen and oxygen atoms in total. The van der Waals surface area contributed by atoms with Crippen molar-refractivity contribution in [3.8, 4) is 0 Å². The summed E-state index contributed by atoms with van der Waals surface area (Å²) in [6, 6.07) is 12.2. The summed E-state index contributed by atoms with van der Waals surface area (Å²) >= 11 is 0. The summed E-state index contributed by atoms with van der Waals surface area (Å²) in [5, 5.41) is 6.32. The Hall–Kier alpha value is -3.55. The van der Waals surface area contributed by atoms with Crippen LogP contribution in [0, 0.1) is 5.82 Å². The Labute approximate surface area is 153 Å². The second-order valence-electron chi connectivity index (χ2n) is 5.94. The van der Waals surface area contributed by atoms with Crippen LogP contribution in [0.2, 0.25) is 0 Å². The van der Waals surface area contributed by atoms with Crippen LogP contribution in [0.5, 0.6) is 0 Å². The molecule has 1 amide bonds. The van der Waals surface area contributed by atoms with Gasteiger partial charge in [0.15, 0.2) is 11.6 Å². The first kappa shape index (κ1) is 18.2. The summed E-state index contributed by atoms with van der Waals surface area (Å²) in [6.45, 7) is 1.13. The fourth-order valence-electron chi connectivity index (χ4n) is 2.52. The van der Waals surface area contributed by atoms with Crippen molar-refractivity contribution >= 4 is 17.4 Å². The largest absolute Gasteiger partial charge is 0.442 e. The highest BCUT2D eigenvalue weighted by atomic mass is 19.1. The van der Waals surface area contributed by atoms with Crippen LogP contribution in [-0.4, -0.2) is 21.4 Å². The van der Waals surface area contributed by atoms with Gasteiger partial charge in [-0.1, -0.05) is 29.4 Å². The van der Waals surface area contributed by atoms with Gasteiger partial charge in [0.25, 0.3) is 0 Å². The van der Waals surface area contributed by atoms with Gasteiger partial charge in [0.1, 0.15) is 12.4 Å². The molecule has 0 radical (unpaired) electrons. The van der Waals surface area contributed by atoms with E-state index in [-0.39, 0.29) is 30.4 Å². The standard InChI is InChI=1S/C19H16FN3O4/c1-12(24)14-3-2-4-16(10-14)21-18(25)11-23-17(22-27-19(23)26)9-13-5-7-15(20)8-6-13/h2-8,10H,9,11H2,1H3,(H,21,25). The lowest BCUT2D eigenvalue weighted by atomic mass is 10.1. The molecular weight excluding hydrogens is 353 g/mol. The minimum absolute atomic E-state index is 0.122. The molecule has 0 aliphatic rings. The van der Waals surface area contributed by atoms with Crippen molar-refractivity contribution in [3.05, 3.63) is 81.9 Å². The highest BCUT2D eigenvalue weighted by Gasteiger charge is 2.15. The average Bonchev–Trinajstić information content (AvgIpc) is 2.97. The summed E-state index contributed by atoms with van der Waals surface area (Å²) in [5.41, 5.74) is 1.62. The second-order valence-corrected chi connectivity index (χ2v) is 5.94. The maximum Gasteiger partial charge on any atom is 0.442 e. The van der Waals surface area contributed by atoms with Crippen LogP contribution in [0.4, 0.5) is 10.1 Å². The number of rotatable bonds is 6. The lowest BCUT2D eigenvalue weighted by molar-refractivity contribution is -0.116. The summed E-state index contributed by atoms with van der Waals surface area (Å²) in [4.78, 5) is 35.6. The smallest absolute Gasteiger partial charge is 0.325 e. The van der Waals surface area contributed by atoms with Gasteiger partial charge in [-0.25, -0.2) is 9.18 Å². The van der Waals surface area contributed by atoms with Gasteiger partial charge < -0.3 is 5.32 Å². The first-order valence-corrected chi connectivity index (χ1v) is 8.13. The number of nitrogens with zero attached hydrogens (tertiary/aromatic N) is 2. The molecule has 1 heterocycles. The van der Waals surface area contributed by atoms with Gasteiger partial charge in [0.2, 0.25) is 5.91 Å². The van der Waals surface area contributed by atoms with Gasteiger partial charge in [-0.15, -0.1) is 0 Å². The molecule has 27 heavy (non-hydrogen) atoms. The Morgan fingerprint density at radius 3 is 2.63 bits per heavy atom. The molecular formula is C19H16FN3O4. The molecule has 1 N–H and O–H groups in total. The van der Waals surface area contributed by atoms with Crippen molar-refractivity contribution in [3.63, 3.8) is 0 Å². The minimum atomic E-state index is -0.764. The molecule has 0 bridgehead atoms. The second kappa shape index (κ2) is 7.77. The highest BCUT2D eigenvalue weighted by molar-refractivity contribution is 5.97. The maximum atomic E-state index is 13.0. The number of carbonyl (C=O) groups is 2. The summed E-state index contributed by atoms with van der Waals surface area (Å²) in [5.74, 6) is -1.48. The topological polar surface area (TPSA) is 94.2 Å². The molecule has 0 atom stereocenters. The zero-order valence-corrected chi connectivity index (χ0v) is 14.4. The van der Waals surface area contributed by atoms with Crippen molar-refractivity contribution in [2.75, 3.05) is 5.32 Å². The number of hydrogen-bond acceptors (Lipinski definition) is 5. The first-order chi connectivity index (χ1) is 12.9. The summed E-state index contributed by atoms with van der Waals surface area (Å²) in [7, 11) is 0. The fraction of sp³-hybridized carbons (Fsp3) is 0.158. The van der Waals surface area contributed by atoms with Crippen LogP contribution in [0.1, 0.15) is 28.7 Å². The number of hydrogen-bond donors (Lipinski definition) is 1. The average molecular weight is 369 g/mol. The van der Waals surface area contributed by atoms with Gasteiger partial charge in [-0.05, 0) is 36.8 Å². The molecule has 0 unspecified atom stereocenters. The van der Waals surface area contributed by atoms with E-state index >= 15 is 0 Å². The van der Waals surface area contributed by atoms with E-state index < -0.39 is 11.7 Å². The van der Waals surface area contributed by atoms with E-state index in [1.54, 1.807) is 36.4 Å². The van der Waals surface area contributed by atoms with E-state index in [2.05, 4.69) is 15.0 Å². The Bertz CT molecular complexity index is 1040. The Morgan fingerprint density at radius 1 is 1.19 bits per heavy atom. The predicted molar refractivity (Wildman–Crippen MR) is 95.0 cm³/mol. The normalized spacial score (nSPS) is 10.6. The summed E-state index contributed by atoms with van der Waals surface area (Å²) in [6.07, 6.45) is 0.207. The van der Waals surface area contributed by atoms with Gasteiger partial charge in [0, 0.05) is 17.7 Å². The lowest BCUT2D eigenvalue weighted by Crippen LogP contribution is -2.26. The zero-order chi connectivity index (χ0) is 19.4. The van der Waals surface area contributed by atoms with E-state index in [0.717, 1.165) is 4.57 Å². The highest BCUT2D eigenvalue weighted by Crippen LogP contribution is 2.12. The van der Waals surface area contributed by atoms with E-state index in [1.807, 2.05) is 0 Å². The number of carbonyl (C=O) groups excluding carboxylic acids is 2. The predicted octanol–water partition coefficient (Wildman–Crippen LogP) is 2.41. The van der Waals surface area contributed by atoms with Crippen molar-refractivity contribution < 1.29 is 18.5 Å². The third-order valence-corrected chi connectivity index (χ3v) is 3.89. The van der Waals surface area contributed by atoms with Gasteiger partial charge in [0.05, 0.1) is 0 Å². The zero-order valence-electron chi connectivity index (χ0n) is 14.4. The Kier molecular flexibility index (Phi) is 5.25. The number of anilines is 1. The molecule has 1 aromatic heterocycles. The van der Waals surface area contributed by atoms with E-state index in [4.69, 9.17) is 0 Å². The molecule has 8 heteroatoms. The van der Waals surface area contributed by atoms with Crippen LogP contribution in [-0.2, 0) is 17.8 Å². The van der Waals surface area contributed by atoms with Crippen molar-refractivity contribution in [2.45, 2.75) is 19.9 Å². The molecule has 138 valence electrons. The van der Waals surface area contributed by atoms with Crippen LogP contribution < -0.4 is 11.1 Å². The molecule has 0 fully saturated rings. The fourth-order valence-corrected chi connectivity index (χ4v) is 2.52. The molecule has 2 aromatic carbocycles. The quantitative estimate of drug-likeness (QED) is 0.674. The van der Waals surface area contributed by atoms with Crippen molar-refractivity contribution in [2.24, 2.45) is 0 Å². The number of halogens is 1. The molecule has 0 aliphatic carbocycles.